The number of aromatic nitrogens is 2. The lowest BCUT2D eigenvalue weighted by molar-refractivity contribution is 0.00578. The van der Waals surface area contributed by atoms with Gasteiger partial charge in [0.05, 0.1) is 22.2 Å². The maximum Gasteiger partial charge on any atom is 0.495 e. The van der Waals surface area contributed by atoms with Crippen molar-refractivity contribution in [1.82, 2.24) is 9.55 Å². The van der Waals surface area contributed by atoms with Gasteiger partial charge in [0.25, 0.3) is 0 Å². The van der Waals surface area contributed by atoms with Crippen LogP contribution in [0.25, 0.3) is 61.2 Å². The van der Waals surface area contributed by atoms with Crippen LogP contribution in [-0.4, -0.2) is 27.9 Å². The highest BCUT2D eigenvalue weighted by molar-refractivity contribution is 6.66. The van der Waals surface area contributed by atoms with Crippen molar-refractivity contribution in [3.05, 3.63) is 115 Å². The Balaban J connectivity index is 1.21. The van der Waals surface area contributed by atoms with E-state index in [1.807, 2.05) is 24.3 Å². The van der Waals surface area contributed by atoms with Crippen LogP contribution >= 0.6 is 0 Å². The summed E-state index contributed by atoms with van der Waals surface area (Å²) >= 11 is 0. The third-order valence-corrected chi connectivity index (χ3v) is 9.09. The van der Waals surface area contributed by atoms with Crippen LogP contribution in [0, 0.1) is 0 Å². The Morgan fingerprint density at radius 2 is 1.33 bits per heavy atom. The van der Waals surface area contributed by atoms with Gasteiger partial charge in [0, 0.05) is 22.0 Å². The molecule has 1 saturated heterocycles. The zero-order valence-corrected chi connectivity index (χ0v) is 24.7. The summed E-state index contributed by atoms with van der Waals surface area (Å²) in [5.74, 6) is 0.927. The van der Waals surface area contributed by atoms with Crippen LogP contribution in [0.5, 0.6) is 0 Å². The van der Waals surface area contributed by atoms with Crippen molar-refractivity contribution >= 4 is 45.6 Å². The number of benzene rings is 5. The van der Waals surface area contributed by atoms with E-state index in [2.05, 4.69) is 123 Å². The highest BCUT2D eigenvalue weighted by Gasteiger charge is 2.52. The molecule has 0 amide bonds. The molecule has 0 radical (unpaired) electrons. The monoisotopic (exact) mass is 562 g/mol. The normalized spacial score (nSPS) is 16.0. The molecule has 0 atom stereocenters. The smallest absolute Gasteiger partial charge is 0.456 e. The Morgan fingerprint density at radius 3 is 2.09 bits per heavy atom. The van der Waals surface area contributed by atoms with Crippen LogP contribution in [-0.2, 0) is 9.31 Å². The first-order valence-electron chi connectivity index (χ1n) is 14.7. The van der Waals surface area contributed by atoms with Gasteiger partial charge in [-0.15, -0.1) is 0 Å². The van der Waals surface area contributed by atoms with Crippen LogP contribution < -0.4 is 5.46 Å². The highest BCUT2D eigenvalue weighted by atomic mass is 16.7. The summed E-state index contributed by atoms with van der Waals surface area (Å²) < 4.78 is 21.4. The average Bonchev–Trinajstić information content (AvgIpc) is 3.65. The molecule has 2 aromatic heterocycles. The summed E-state index contributed by atoms with van der Waals surface area (Å²) in [6, 6.07) is 39.8. The van der Waals surface area contributed by atoms with Crippen molar-refractivity contribution in [3.63, 3.8) is 0 Å². The summed E-state index contributed by atoms with van der Waals surface area (Å²) in [6.45, 7) is 8.32. The van der Waals surface area contributed by atoms with Crippen LogP contribution in [0.2, 0.25) is 0 Å². The molecular weight excluding hydrogens is 531 g/mol. The number of nitrogens with zero attached hydrogens (tertiary/aromatic N) is 2. The van der Waals surface area contributed by atoms with E-state index in [4.69, 9.17) is 18.7 Å². The fourth-order valence-corrected chi connectivity index (χ4v) is 6.07. The quantitative estimate of drug-likeness (QED) is 0.202. The molecular formula is C37H31BN2O3. The maximum absolute atomic E-state index is 6.44. The number of hydrogen-bond acceptors (Lipinski definition) is 4. The van der Waals surface area contributed by atoms with Gasteiger partial charge in [0.15, 0.2) is 0 Å². The van der Waals surface area contributed by atoms with Gasteiger partial charge in [-0.25, -0.2) is 4.98 Å². The van der Waals surface area contributed by atoms with Crippen LogP contribution in [0.3, 0.4) is 0 Å². The van der Waals surface area contributed by atoms with Crippen molar-refractivity contribution in [2.75, 3.05) is 0 Å². The minimum Gasteiger partial charge on any atom is -0.456 e. The lowest BCUT2D eigenvalue weighted by atomic mass is 9.76. The molecule has 43 heavy (non-hydrogen) atoms. The van der Waals surface area contributed by atoms with Crippen LogP contribution in [0.4, 0.5) is 0 Å². The first-order valence-corrected chi connectivity index (χ1v) is 14.7. The number of imidazole rings is 1. The first-order chi connectivity index (χ1) is 20.8. The van der Waals surface area contributed by atoms with Gasteiger partial charge >= 0.3 is 7.12 Å². The number of para-hydroxylation sites is 2. The van der Waals surface area contributed by atoms with Gasteiger partial charge in [-0.2, -0.15) is 0 Å². The Kier molecular flexibility index (Phi) is 5.71. The van der Waals surface area contributed by atoms with Gasteiger partial charge in [0.1, 0.15) is 17.0 Å². The van der Waals surface area contributed by atoms with E-state index in [1.54, 1.807) is 0 Å². The molecule has 210 valence electrons. The van der Waals surface area contributed by atoms with E-state index in [0.717, 1.165) is 66.6 Å². The van der Waals surface area contributed by atoms with E-state index in [9.17, 15) is 0 Å². The summed E-state index contributed by atoms with van der Waals surface area (Å²) in [4.78, 5) is 4.99. The van der Waals surface area contributed by atoms with Gasteiger partial charge in [0.2, 0.25) is 0 Å². The van der Waals surface area contributed by atoms with E-state index in [-0.39, 0.29) is 0 Å². The molecule has 5 nitrogen and oxygen atoms in total. The largest absolute Gasteiger partial charge is 0.495 e. The standard InChI is InChI=1S/C37H31BN2O3/c1-36(2)37(3,4)43-38(42-36)29-13-10-16-33-34(29)28-23-26(19-22-32(28)41-33)24-17-20-27(21-18-24)40-31-15-9-8-14-30(31)39-35(40)25-11-6-5-7-12-25/h5-23H,1-4H3. The molecule has 1 fully saturated rings. The minimum absolute atomic E-state index is 0.423. The van der Waals surface area contributed by atoms with Gasteiger partial charge in [-0.3, -0.25) is 4.57 Å². The zero-order chi connectivity index (χ0) is 29.3. The molecule has 7 aromatic rings. The Morgan fingerprint density at radius 1 is 0.628 bits per heavy atom. The molecule has 0 unspecified atom stereocenters. The fraction of sp³-hybridized carbons (Fsp3) is 0.162. The van der Waals surface area contributed by atoms with Crippen molar-refractivity contribution in [1.29, 1.82) is 0 Å². The molecule has 0 saturated carbocycles. The molecule has 1 aliphatic rings. The fourth-order valence-electron chi connectivity index (χ4n) is 6.07. The van der Waals surface area contributed by atoms with E-state index in [1.165, 1.54) is 0 Å². The third-order valence-electron chi connectivity index (χ3n) is 9.09. The Hall–Kier alpha value is -4.65. The first kappa shape index (κ1) is 26.0. The number of rotatable bonds is 4. The second-order valence-corrected chi connectivity index (χ2v) is 12.3. The third kappa shape index (κ3) is 4.13. The SMILES string of the molecule is CC1(C)OB(c2cccc3oc4ccc(-c5ccc(-n6c(-c7ccccc7)nc7ccccc76)cc5)cc4c23)OC1(C)C. The molecule has 0 bridgehead atoms. The number of furan rings is 1. The lowest BCUT2D eigenvalue weighted by Gasteiger charge is -2.32. The van der Waals surface area contributed by atoms with Crippen LogP contribution in [0.15, 0.2) is 120 Å². The molecule has 1 aliphatic heterocycles. The predicted molar refractivity (Wildman–Crippen MR) is 175 cm³/mol. The zero-order valence-electron chi connectivity index (χ0n) is 24.7. The highest BCUT2D eigenvalue weighted by Crippen LogP contribution is 2.39. The topological polar surface area (TPSA) is 49.4 Å². The van der Waals surface area contributed by atoms with Crippen molar-refractivity contribution in [2.45, 2.75) is 38.9 Å². The predicted octanol–water partition coefficient (Wildman–Crippen LogP) is 8.56. The van der Waals surface area contributed by atoms with Gasteiger partial charge < -0.3 is 13.7 Å². The minimum atomic E-state index is -0.471. The summed E-state index contributed by atoms with van der Waals surface area (Å²) in [5.41, 5.74) is 8.25. The summed E-state index contributed by atoms with van der Waals surface area (Å²) in [7, 11) is -0.471. The summed E-state index contributed by atoms with van der Waals surface area (Å²) in [6.07, 6.45) is 0. The number of hydrogen-bond donors (Lipinski definition) is 0. The van der Waals surface area contributed by atoms with Gasteiger partial charge in [-0.1, -0.05) is 72.8 Å². The Labute approximate surface area is 250 Å². The molecule has 3 heterocycles. The average molecular weight is 562 g/mol. The molecule has 0 spiro atoms. The second-order valence-electron chi connectivity index (χ2n) is 12.3. The van der Waals surface area contributed by atoms with E-state index < -0.39 is 18.3 Å². The van der Waals surface area contributed by atoms with E-state index >= 15 is 0 Å². The molecule has 6 heteroatoms. The molecule has 0 aliphatic carbocycles. The Bertz CT molecular complexity index is 2130. The number of fused-ring (bicyclic) bond motifs is 4. The van der Waals surface area contributed by atoms with Crippen molar-refractivity contribution < 1.29 is 13.7 Å². The second kappa shape index (κ2) is 9.43. The van der Waals surface area contributed by atoms with Crippen molar-refractivity contribution in [3.8, 4) is 28.2 Å². The molecule has 0 N–H and O–H groups in total. The lowest BCUT2D eigenvalue weighted by Crippen LogP contribution is -2.41. The maximum atomic E-state index is 6.44. The van der Waals surface area contributed by atoms with Crippen molar-refractivity contribution in [2.24, 2.45) is 0 Å². The van der Waals surface area contributed by atoms with Gasteiger partial charge in [-0.05, 0) is 86.7 Å². The molecule has 8 rings (SSSR count). The molecule has 5 aromatic carbocycles. The van der Waals surface area contributed by atoms with E-state index in [0.29, 0.717) is 0 Å². The summed E-state index contributed by atoms with van der Waals surface area (Å²) in [5, 5.41) is 2.08. The van der Waals surface area contributed by atoms with Crippen LogP contribution in [0.1, 0.15) is 27.7 Å².